The fourth-order valence-electron chi connectivity index (χ4n) is 1.60. The van der Waals surface area contributed by atoms with Gasteiger partial charge in [0.25, 0.3) is 0 Å². The Bertz CT molecular complexity index is 170. The van der Waals surface area contributed by atoms with Gasteiger partial charge in [0.2, 0.25) is 0 Å². The van der Waals surface area contributed by atoms with E-state index in [0.717, 1.165) is 0 Å². The zero-order chi connectivity index (χ0) is 10.6. The molecule has 0 unspecified atom stereocenters. The molecule has 3 heteroatoms. The average Bonchev–Trinajstić information content (AvgIpc) is 1.96. The summed E-state index contributed by atoms with van der Waals surface area (Å²) in [6.45, 7) is 10.6. The van der Waals surface area contributed by atoms with Crippen LogP contribution in [0.15, 0.2) is 0 Å². The molecule has 0 radical (unpaired) electrons. The first-order valence-corrected chi connectivity index (χ1v) is 4.77. The molecule has 78 valence electrons. The van der Waals surface area contributed by atoms with Crippen LogP contribution in [0.25, 0.3) is 0 Å². The van der Waals surface area contributed by atoms with Crippen molar-refractivity contribution in [3.63, 3.8) is 0 Å². The Morgan fingerprint density at radius 3 is 1.92 bits per heavy atom. The predicted molar refractivity (Wildman–Crippen MR) is 55.7 cm³/mol. The Morgan fingerprint density at radius 2 is 1.69 bits per heavy atom. The van der Waals surface area contributed by atoms with Gasteiger partial charge in [-0.2, -0.15) is 0 Å². The molecule has 2 amide bonds. The van der Waals surface area contributed by atoms with E-state index in [1.54, 1.807) is 7.05 Å². The largest absolute Gasteiger partial charge is 0.341 e. The highest BCUT2D eigenvalue weighted by molar-refractivity contribution is 5.73. The Balaban J connectivity index is 4.36. The van der Waals surface area contributed by atoms with Crippen LogP contribution < -0.4 is 10.6 Å². The normalized spacial score (nSPS) is 14.1. The van der Waals surface area contributed by atoms with Crippen LogP contribution in [0.3, 0.4) is 0 Å². The van der Waals surface area contributed by atoms with E-state index in [2.05, 4.69) is 45.3 Å². The SMILES string of the molecule is CNC(=O)N[C@@H](C(C)C)C(C)(C)C. The lowest BCUT2D eigenvalue weighted by Crippen LogP contribution is -2.49. The van der Waals surface area contributed by atoms with Gasteiger partial charge in [0, 0.05) is 13.1 Å². The number of hydrogen-bond donors (Lipinski definition) is 2. The molecule has 3 nitrogen and oxygen atoms in total. The lowest BCUT2D eigenvalue weighted by molar-refractivity contribution is 0.196. The summed E-state index contributed by atoms with van der Waals surface area (Å²) in [5.41, 5.74) is 0.0979. The van der Waals surface area contributed by atoms with Gasteiger partial charge in [-0.05, 0) is 11.3 Å². The van der Waals surface area contributed by atoms with E-state index >= 15 is 0 Å². The molecular weight excluding hydrogens is 164 g/mol. The summed E-state index contributed by atoms with van der Waals surface area (Å²) in [5, 5.41) is 5.53. The second kappa shape index (κ2) is 4.49. The molecule has 0 rings (SSSR count). The van der Waals surface area contributed by atoms with Crippen molar-refractivity contribution in [1.82, 2.24) is 10.6 Å². The molecule has 0 aromatic carbocycles. The van der Waals surface area contributed by atoms with Crippen LogP contribution in [0.2, 0.25) is 0 Å². The predicted octanol–water partition coefficient (Wildman–Crippen LogP) is 1.99. The van der Waals surface area contributed by atoms with Crippen molar-refractivity contribution in [2.75, 3.05) is 7.05 Å². The second-order valence-electron chi connectivity index (χ2n) is 4.81. The van der Waals surface area contributed by atoms with Crippen LogP contribution in [0.4, 0.5) is 4.79 Å². The number of hydrogen-bond acceptors (Lipinski definition) is 1. The Kier molecular flexibility index (Phi) is 4.24. The van der Waals surface area contributed by atoms with Crippen LogP contribution in [0.1, 0.15) is 34.6 Å². The average molecular weight is 186 g/mol. The minimum absolute atomic E-state index is 0.0979. The van der Waals surface area contributed by atoms with E-state index in [-0.39, 0.29) is 17.5 Å². The second-order valence-corrected chi connectivity index (χ2v) is 4.81. The molecule has 0 saturated carbocycles. The number of urea groups is 1. The van der Waals surface area contributed by atoms with Crippen molar-refractivity contribution in [3.05, 3.63) is 0 Å². The molecule has 0 aromatic heterocycles. The summed E-state index contributed by atoms with van der Waals surface area (Å²) in [5.74, 6) is 0.442. The van der Waals surface area contributed by atoms with Gasteiger partial charge in [0.05, 0.1) is 0 Å². The van der Waals surface area contributed by atoms with Crippen molar-refractivity contribution in [3.8, 4) is 0 Å². The number of nitrogens with one attached hydrogen (secondary N) is 2. The van der Waals surface area contributed by atoms with Crippen molar-refractivity contribution < 1.29 is 4.79 Å². The van der Waals surface area contributed by atoms with Crippen LogP contribution in [0, 0.1) is 11.3 Å². The smallest absolute Gasteiger partial charge is 0.314 e. The number of amides is 2. The third kappa shape index (κ3) is 4.15. The van der Waals surface area contributed by atoms with Crippen molar-refractivity contribution in [2.24, 2.45) is 11.3 Å². The van der Waals surface area contributed by atoms with Gasteiger partial charge in [0.15, 0.2) is 0 Å². The van der Waals surface area contributed by atoms with E-state index < -0.39 is 0 Å². The van der Waals surface area contributed by atoms with E-state index in [1.165, 1.54) is 0 Å². The minimum atomic E-state index is -0.103. The topological polar surface area (TPSA) is 41.1 Å². The zero-order valence-electron chi connectivity index (χ0n) is 9.56. The summed E-state index contributed by atoms with van der Waals surface area (Å²) < 4.78 is 0. The van der Waals surface area contributed by atoms with E-state index in [9.17, 15) is 4.79 Å². The maximum Gasteiger partial charge on any atom is 0.314 e. The van der Waals surface area contributed by atoms with Crippen LogP contribution in [-0.2, 0) is 0 Å². The van der Waals surface area contributed by atoms with Crippen LogP contribution in [-0.4, -0.2) is 19.1 Å². The molecule has 2 N–H and O–H groups in total. The number of carbonyl (C=O) groups is 1. The summed E-state index contributed by atoms with van der Waals surface area (Å²) in [7, 11) is 1.63. The third-order valence-corrected chi connectivity index (χ3v) is 2.11. The summed E-state index contributed by atoms with van der Waals surface area (Å²) in [4.78, 5) is 11.2. The first-order chi connectivity index (χ1) is 5.79. The molecule has 0 aliphatic carbocycles. The lowest BCUT2D eigenvalue weighted by atomic mass is 9.80. The van der Waals surface area contributed by atoms with Crippen LogP contribution in [0.5, 0.6) is 0 Å². The number of carbonyl (C=O) groups excluding carboxylic acids is 1. The van der Waals surface area contributed by atoms with E-state index in [1.807, 2.05) is 0 Å². The van der Waals surface area contributed by atoms with E-state index in [0.29, 0.717) is 5.92 Å². The van der Waals surface area contributed by atoms with Gasteiger partial charge in [-0.1, -0.05) is 34.6 Å². The Morgan fingerprint density at radius 1 is 1.23 bits per heavy atom. The molecule has 0 aliphatic heterocycles. The van der Waals surface area contributed by atoms with Gasteiger partial charge < -0.3 is 10.6 Å². The molecule has 0 aromatic rings. The standard InChI is InChI=1S/C10H22N2O/c1-7(2)8(10(3,4)5)12-9(13)11-6/h7-8H,1-6H3,(H2,11,12,13)/t8-/m0/s1. The number of rotatable bonds is 2. The molecule has 0 heterocycles. The van der Waals surface area contributed by atoms with Gasteiger partial charge in [-0.15, -0.1) is 0 Å². The summed E-state index contributed by atoms with van der Waals surface area (Å²) in [6.07, 6.45) is 0. The highest BCUT2D eigenvalue weighted by Gasteiger charge is 2.28. The Hall–Kier alpha value is -0.730. The molecule has 1 atom stereocenters. The van der Waals surface area contributed by atoms with E-state index in [4.69, 9.17) is 0 Å². The molecule has 0 spiro atoms. The fraction of sp³-hybridized carbons (Fsp3) is 0.900. The minimum Gasteiger partial charge on any atom is -0.341 e. The Labute approximate surface area is 81.3 Å². The first kappa shape index (κ1) is 12.3. The third-order valence-electron chi connectivity index (χ3n) is 2.11. The van der Waals surface area contributed by atoms with Crippen molar-refractivity contribution >= 4 is 6.03 Å². The monoisotopic (exact) mass is 186 g/mol. The lowest BCUT2D eigenvalue weighted by Gasteiger charge is -2.34. The molecule has 13 heavy (non-hydrogen) atoms. The summed E-state index contributed by atoms with van der Waals surface area (Å²) in [6, 6.07) is 0.0982. The maximum absolute atomic E-state index is 11.2. The van der Waals surface area contributed by atoms with Crippen LogP contribution >= 0.6 is 0 Å². The van der Waals surface area contributed by atoms with Gasteiger partial charge >= 0.3 is 6.03 Å². The van der Waals surface area contributed by atoms with Crippen molar-refractivity contribution in [1.29, 1.82) is 0 Å². The van der Waals surface area contributed by atoms with Crippen molar-refractivity contribution in [2.45, 2.75) is 40.7 Å². The first-order valence-electron chi connectivity index (χ1n) is 4.77. The van der Waals surface area contributed by atoms with Gasteiger partial charge in [-0.25, -0.2) is 4.79 Å². The van der Waals surface area contributed by atoms with Gasteiger partial charge in [-0.3, -0.25) is 0 Å². The highest BCUT2D eigenvalue weighted by atomic mass is 16.2. The quantitative estimate of drug-likeness (QED) is 0.680. The molecule has 0 aliphatic rings. The maximum atomic E-state index is 11.2. The molecular formula is C10H22N2O. The summed E-state index contributed by atoms with van der Waals surface area (Å²) >= 11 is 0. The molecule has 0 fully saturated rings. The zero-order valence-corrected chi connectivity index (χ0v) is 9.56. The van der Waals surface area contributed by atoms with Gasteiger partial charge in [0.1, 0.15) is 0 Å². The highest BCUT2D eigenvalue weighted by Crippen LogP contribution is 2.24. The fourth-order valence-corrected chi connectivity index (χ4v) is 1.60. The molecule has 0 bridgehead atoms. The molecule has 0 saturated heterocycles.